The number of benzene rings is 1. The normalized spacial score (nSPS) is 18.7. The summed E-state index contributed by atoms with van der Waals surface area (Å²) in [6.07, 6.45) is 2.93. The van der Waals surface area contributed by atoms with Crippen molar-refractivity contribution in [3.05, 3.63) is 29.3 Å². The summed E-state index contributed by atoms with van der Waals surface area (Å²) in [7, 11) is 0. The predicted molar refractivity (Wildman–Crippen MR) is 87.8 cm³/mol. The van der Waals surface area contributed by atoms with Gasteiger partial charge in [0, 0.05) is 25.6 Å². The molecular formula is C16H24ClN3O. The van der Waals surface area contributed by atoms with E-state index >= 15 is 0 Å². The lowest BCUT2D eigenvalue weighted by Crippen LogP contribution is -2.46. The van der Waals surface area contributed by atoms with E-state index in [-0.39, 0.29) is 5.91 Å². The molecule has 1 aromatic carbocycles. The zero-order valence-corrected chi connectivity index (χ0v) is 13.3. The van der Waals surface area contributed by atoms with E-state index < -0.39 is 0 Å². The Morgan fingerprint density at radius 1 is 1.48 bits per heavy atom. The highest BCUT2D eigenvalue weighted by atomic mass is 35.5. The molecule has 1 fully saturated rings. The molecule has 1 aliphatic rings. The van der Waals surface area contributed by atoms with Crippen LogP contribution in [-0.4, -0.2) is 43.0 Å². The van der Waals surface area contributed by atoms with Crippen molar-refractivity contribution in [1.29, 1.82) is 0 Å². The number of hydrogen-bond acceptors (Lipinski definition) is 3. The van der Waals surface area contributed by atoms with Crippen molar-refractivity contribution in [3.63, 3.8) is 0 Å². The number of likely N-dealkylation sites (N-methyl/N-ethyl adjacent to an activating group) is 1. The molecule has 2 rings (SSSR count). The third-order valence-corrected chi connectivity index (χ3v) is 4.30. The van der Waals surface area contributed by atoms with Crippen molar-refractivity contribution >= 4 is 23.2 Å². The van der Waals surface area contributed by atoms with E-state index in [0.29, 0.717) is 23.2 Å². The second-order valence-electron chi connectivity index (χ2n) is 5.41. The van der Waals surface area contributed by atoms with Crippen LogP contribution in [0.2, 0.25) is 5.02 Å². The Balaban J connectivity index is 1.80. The zero-order valence-electron chi connectivity index (χ0n) is 12.6. The molecule has 1 unspecified atom stereocenters. The van der Waals surface area contributed by atoms with E-state index in [4.69, 9.17) is 11.6 Å². The first-order valence-electron chi connectivity index (χ1n) is 7.70. The lowest BCUT2D eigenvalue weighted by atomic mass is 10.1. The lowest BCUT2D eigenvalue weighted by Gasteiger charge is -2.33. The molecule has 1 aromatic rings. The van der Waals surface area contributed by atoms with E-state index in [1.807, 2.05) is 18.2 Å². The second-order valence-corrected chi connectivity index (χ2v) is 5.81. The zero-order chi connectivity index (χ0) is 15.1. The van der Waals surface area contributed by atoms with Crippen LogP contribution in [0, 0.1) is 0 Å². The van der Waals surface area contributed by atoms with Crippen LogP contribution in [0.3, 0.4) is 0 Å². The minimum absolute atomic E-state index is 0.0188. The molecular weight excluding hydrogens is 286 g/mol. The van der Waals surface area contributed by atoms with Crippen molar-refractivity contribution in [3.8, 4) is 0 Å². The Morgan fingerprint density at radius 2 is 2.29 bits per heavy atom. The van der Waals surface area contributed by atoms with Gasteiger partial charge in [0.25, 0.3) is 0 Å². The van der Waals surface area contributed by atoms with Crippen LogP contribution < -0.4 is 10.6 Å². The van der Waals surface area contributed by atoms with Crippen molar-refractivity contribution < 1.29 is 4.79 Å². The van der Waals surface area contributed by atoms with Gasteiger partial charge < -0.3 is 10.6 Å². The number of piperidine rings is 1. The fourth-order valence-corrected chi connectivity index (χ4v) is 2.95. The van der Waals surface area contributed by atoms with Gasteiger partial charge in [-0.2, -0.15) is 0 Å². The average Bonchev–Trinajstić information content (AvgIpc) is 2.51. The van der Waals surface area contributed by atoms with Crippen molar-refractivity contribution in [1.82, 2.24) is 10.2 Å². The third-order valence-electron chi connectivity index (χ3n) is 3.97. The van der Waals surface area contributed by atoms with E-state index in [1.54, 1.807) is 6.07 Å². The standard InChI is InChI=1S/C16H24ClN3O/c1-2-20(13-6-5-10-18-12-13)11-9-16(21)19-15-8-4-3-7-14(15)17/h3-4,7-8,13,18H,2,5-6,9-12H2,1H3,(H,19,21). The highest BCUT2D eigenvalue weighted by Crippen LogP contribution is 2.20. The molecule has 1 saturated heterocycles. The fourth-order valence-electron chi connectivity index (χ4n) is 2.76. The molecule has 116 valence electrons. The summed E-state index contributed by atoms with van der Waals surface area (Å²) in [6.45, 7) is 6.06. The van der Waals surface area contributed by atoms with Crippen molar-refractivity contribution in [2.75, 3.05) is 31.5 Å². The highest BCUT2D eigenvalue weighted by Gasteiger charge is 2.20. The SMILES string of the molecule is CCN(CCC(=O)Nc1ccccc1Cl)C1CCCNC1. The fraction of sp³-hybridized carbons (Fsp3) is 0.562. The van der Waals surface area contributed by atoms with Gasteiger partial charge in [0.15, 0.2) is 0 Å². The lowest BCUT2D eigenvalue weighted by molar-refractivity contribution is -0.116. The number of anilines is 1. The van der Waals surface area contributed by atoms with Gasteiger partial charge in [0.05, 0.1) is 10.7 Å². The third kappa shape index (κ3) is 4.99. The molecule has 0 bridgehead atoms. The quantitative estimate of drug-likeness (QED) is 0.849. The summed E-state index contributed by atoms with van der Waals surface area (Å²) in [5.41, 5.74) is 0.687. The Labute approximate surface area is 131 Å². The van der Waals surface area contributed by atoms with Crippen LogP contribution in [0.15, 0.2) is 24.3 Å². The van der Waals surface area contributed by atoms with Crippen molar-refractivity contribution in [2.45, 2.75) is 32.2 Å². The molecule has 21 heavy (non-hydrogen) atoms. The number of nitrogens with zero attached hydrogens (tertiary/aromatic N) is 1. The Morgan fingerprint density at radius 3 is 2.95 bits per heavy atom. The summed E-state index contributed by atoms with van der Waals surface area (Å²) in [4.78, 5) is 14.4. The van der Waals surface area contributed by atoms with Crippen LogP contribution in [0.1, 0.15) is 26.2 Å². The second kappa shape index (κ2) is 8.37. The van der Waals surface area contributed by atoms with Gasteiger partial charge in [-0.05, 0) is 38.1 Å². The number of carbonyl (C=O) groups excluding carboxylic acids is 1. The molecule has 1 heterocycles. The molecule has 1 aliphatic heterocycles. The number of rotatable bonds is 6. The first kappa shape index (κ1) is 16.3. The molecule has 1 atom stereocenters. The summed E-state index contributed by atoms with van der Waals surface area (Å²) >= 11 is 6.05. The maximum absolute atomic E-state index is 12.1. The van der Waals surface area contributed by atoms with Gasteiger partial charge in [-0.15, -0.1) is 0 Å². The molecule has 2 N–H and O–H groups in total. The molecule has 4 nitrogen and oxygen atoms in total. The Bertz CT molecular complexity index is 461. The number of para-hydroxylation sites is 1. The van der Waals surface area contributed by atoms with Gasteiger partial charge in [-0.25, -0.2) is 0 Å². The van der Waals surface area contributed by atoms with Gasteiger partial charge >= 0.3 is 0 Å². The summed E-state index contributed by atoms with van der Waals surface area (Å²) in [5.74, 6) is 0.0188. The monoisotopic (exact) mass is 309 g/mol. The minimum Gasteiger partial charge on any atom is -0.325 e. The van der Waals surface area contributed by atoms with Crippen LogP contribution >= 0.6 is 11.6 Å². The molecule has 0 spiro atoms. The van der Waals surface area contributed by atoms with Crippen molar-refractivity contribution in [2.24, 2.45) is 0 Å². The van der Waals surface area contributed by atoms with Gasteiger partial charge in [0.1, 0.15) is 0 Å². The van der Waals surface area contributed by atoms with E-state index in [0.717, 1.165) is 26.2 Å². The van der Waals surface area contributed by atoms with E-state index in [1.165, 1.54) is 12.8 Å². The largest absolute Gasteiger partial charge is 0.325 e. The van der Waals surface area contributed by atoms with E-state index in [9.17, 15) is 4.79 Å². The highest BCUT2D eigenvalue weighted by molar-refractivity contribution is 6.33. The molecule has 0 radical (unpaired) electrons. The Kier molecular flexibility index (Phi) is 6.49. The number of amides is 1. The summed E-state index contributed by atoms with van der Waals surface area (Å²) in [6, 6.07) is 7.88. The first-order chi connectivity index (χ1) is 10.2. The molecule has 0 aliphatic carbocycles. The number of hydrogen-bond donors (Lipinski definition) is 2. The van der Waals surface area contributed by atoms with E-state index in [2.05, 4.69) is 22.5 Å². The average molecular weight is 310 g/mol. The van der Waals surface area contributed by atoms with Crippen LogP contribution in [0.5, 0.6) is 0 Å². The number of halogens is 1. The molecule has 0 aromatic heterocycles. The Hall–Kier alpha value is -1.10. The maximum atomic E-state index is 12.1. The number of carbonyl (C=O) groups is 1. The maximum Gasteiger partial charge on any atom is 0.225 e. The summed E-state index contributed by atoms with van der Waals surface area (Å²) < 4.78 is 0. The van der Waals surface area contributed by atoms with Crippen LogP contribution in [-0.2, 0) is 4.79 Å². The predicted octanol–water partition coefficient (Wildman–Crippen LogP) is 2.74. The smallest absolute Gasteiger partial charge is 0.225 e. The van der Waals surface area contributed by atoms with Gasteiger partial charge in [0.2, 0.25) is 5.91 Å². The minimum atomic E-state index is 0.0188. The molecule has 0 saturated carbocycles. The van der Waals surface area contributed by atoms with Crippen LogP contribution in [0.25, 0.3) is 0 Å². The number of nitrogens with one attached hydrogen (secondary N) is 2. The van der Waals surface area contributed by atoms with Crippen LogP contribution in [0.4, 0.5) is 5.69 Å². The molecule has 1 amide bonds. The van der Waals surface area contributed by atoms with Gasteiger partial charge in [-0.1, -0.05) is 30.7 Å². The first-order valence-corrected chi connectivity index (χ1v) is 8.07. The van der Waals surface area contributed by atoms with Gasteiger partial charge in [-0.3, -0.25) is 9.69 Å². The topological polar surface area (TPSA) is 44.4 Å². The summed E-state index contributed by atoms with van der Waals surface area (Å²) in [5, 5.41) is 6.88. The molecule has 5 heteroatoms.